The molecule has 50 heavy (non-hydrogen) atoms. The number of para-hydroxylation sites is 2. The molecule has 1 aromatic heterocycles. The molecule has 2 amide bonds. The predicted octanol–water partition coefficient (Wildman–Crippen LogP) is 6.82. The molecule has 5 aromatic rings. The maximum absolute atomic E-state index is 13.3. The minimum absolute atomic E-state index is 0.241. The Morgan fingerprint density at radius 2 is 1.54 bits per heavy atom. The number of alkyl halides is 2. The van der Waals surface area contributed by atoms with Crippen molar-refractivity contribution in [3.63, 3.8) is 0 Å². The van der Waals surface area contributed by atoms with Gasteiger partial charge in [0.05, 0.1) is 30.5 Å². The normalized spacial score (nSPS) is 11.1. The molecule has 5 rings (SSSR count). The number of hydrogen-bond donors (Lipinski definition) is 4. The predicted molar refractivity (Wildman–Crippen MR) is 202 cm³/mol. The number of carbonyl (C=O) groups is 2. The molecule has 0 saturated carbocycles. The van der Waals surface area contributed by atoms with Crippen molar-refractivity contribution in [2.75, 3.05) is 74.7 Å². The van der Waals surface area contributed by atoms with Gasteiger partial charge < -0.3 is 35.0 Å². The summed E-state index contributed by atoms with van der Waals surface area (Å²) in [7, 11) is 5.46. The third-order valence-electron chi connectivity index (χ3n) is 7.92. The first-order chi connectivity index (χ1) is 24.2. The first-order valence-electron chi connectivity index (χ1n) is 16.0. The number of aliphatic hydroxyl groups excluding tert-OH is 1. The highest BCUT2D eigenvalue weighted by Crippen LogP contribution is 2.38. The Morgan fingerprint density at radius 3 is 2.20 bits per heavy atom. The van der Waals surface area contributed by atoms with Gasteiger partial charge in [0.15, 0.2) is 0 Å². The number of aliphatic hydroxyl groups is 1. The van der Waals surface area contributed by atoms with Gasteiger partial charge in [-0.1, -0.05) is 24.3 Å². The highest BCUT2D eigenvalue weighted by molar-refractivity contribution is 6.19. The van der Waals surface area contributed by atoms with Crippen LogP contribution in [0.15, 0.2) is 78.9 Å². The van der Waals surface area contributed by atoms with E-state index in [0.717, 1.165) is 11.1 Å². The van der Waals surface area contributed by atoms with Gasteiger partial charge >= 0.3 is 6.09 Å². The molecule has 13 heteroatoms. The zero-order valence-corrected chi connectivity index (χ0v) is 29.6. The third kappa shape index (κ3) is 8.85. The van der Waals surface area contributed by atoms with E-state index in [1.165, 1.54) is 0 Å². The monoisotopic (exact) mass is 718 g/mol. The van der Waals surface area contributed by atoms with E-state index in [4.69, 9.17) is 37.7 Å². The number of carbonyl (C=O) groups excluding carboxylic acids is 2. The highest BCUT2D eigenvalue weighted by Gasteiger charge is 2.19. The molecular weight excluding hydrogens is 679 g/mol. The van der Waals surface area contributed by atoms with Crippen molar-refractivity contribution in [2.45, 2.75) is 6.61 Å². The van der Waals surface area contributed by atoms with Crippen LogP contribution in [0.3, 0.4) is 0 Å². The van der Waals surface area contributed by atoms with E-state index < -0.39 is 6.09 Å². The Balaban J connectivity index is 1.45. The number of aromatic nitrogens is 1. The second kappa shape index (κ2) is 17.2. The van der Waals surface area contributed by atoms with Crippen LogP contribution in [0, 0.1) is 0 Å². The van der Waals surface area contributed by atoms with Crippen molar-refractivity contribution in [3.05, 3.63) is 90.0 Å². The minimum Gasteiger partial charge on any atom is -0.494 e. The van der Waals surface area contributed by atoms with Gasteiger partial charge in [0.25, 0.3) is 5.91 Å². The number of benzene rings is 4. The quantitative estimate of drug-likeness (QED) is 0.0681. The fraction of sp³-hybridized carbons (Fsp3) is 0.270. The minimum atomic E-state index is -0.702. The summed E-state index contributed by atoms with van der Waals surface area (Å²) < 4.78 is 11.2. The summed E-state index contributed by atoms with van der Waals surface area (Å²) in [6.07, 6.45) is -0.702. The Kier molecular flexibility index (Phi) is 12.6. The smallest absolute Gasteiger partial charge is 0.417 e. The number of amides is 2. The number of likely N-dealkylation sites (N-methyl/N-ethyl adjacent to an activating group) is 1. The molecule has 0 aliphatic heterocycles. The largest absolute Gasteiger partial charge is 0.494 e. The number of nitrogens with one attached hydrogen (secondary N) is 3. The Hall–Kier alpha value is -4.81. The van der Waals surface area contributed by atoms with E-state index in [9.17, 15) is 14.7 Å². The standard InChI is InChI=1S/C37H40Cl2N6O5/c1-44(2)19-16-40-36(47)31-8-4-6-29-33(30-7-5-9-32(49-3)35(30)43-34(29)31)41-25-20-24(23-46)21-26(22-25)42-37(48)50-28-12-10-27(11-13-28)45(17-14-38)18-15-39/h4-13,20-22,46H,14-19,23H2,1-3H3,(H,40,47)(H,41,43)(H,42,48). The summed E-state index contributed by atoms with van der Waals surface area (Å²) in [5, 5.41) is 20.8. The lowest BCUT2D eigenvalue weighted by Gasteiger charge is -2.22. The summed E-state index contributed by atoms with van der Waals surface area (Å²) in [6.45, 7) is 2.17. The van der Waals surface area contributed by atoms with Gasteiger partial charge in [0.1, 0.15) is 17.0 Å². The maximum Gasteiger partial charge on any atom is 0.417 e. The van der Waals surface area contributed by atoms with E-state index in [-0.39, 0.29) is 12.5 Å². The van der Waals surface area contributed by atoms with Crippen molar-refractivity contribution in [1.82, 2.24) is 15.2 Å². The van der Waals surface area contributed by atoms with Gasteiger partial charge in [0, 0.05) is 65.8 Å². The van der Waals surface area contributed by atoms with E-state index in [1.807, 2.05) is 66.4 Å². The van der Waals surface area contributed by atoms with Crippen LogP contribution in [0.5, 0.6) is 11.5 Å². The van der Waals surface area contributed by atoms with E-state index >= 15 is 0 Å². The van der Waals surface area contributed by atoms with Crippen LogP contribution in [-0.2, 0) is 6.61 Å². The second-order valence-electron chi connectivity index (χ2n) is 11.7. The topological polar surface area (TPSA) is 128 Å². The van der Waals surface area contributed by atoms with E-state index in [1.54, 1.807) is 43.5 Å². The molecule has 0 unspecified atom stereocenters. The first-order valence-corrected chi connectivity index (χ1v) is 17.1. The number of nitrogens with zero attached hydrogens (tertiary/aromatic N) is 3. The van der Waals surface area contributed by atoms with Gasteiger partial charge in [-0.2, -0.15) is 0 Å². The van der Waals surface area contributed by atoms with E-state index in [2.05, 4.69) is 16.0 Å². The molecule has 0 radical (unpaired) electrons. The Labute approximate surface area is 301 Å². The summed E-state index contributed by atoms with van der Waals surface area (Å²) in [6, 6.07) is 23.3. The summed E-state index contributed by atoms with van der Waals surface area (Å²) in [5.41, 5.74) is 4.60. The van der Waals surface area contributed by atoms with Crippen LogP contribution >= 0.6 is 23.2 Å². The summed E-state index contributed by atoms with van der Waals surface area (Å²) in [4.78, 5) is 35.3. The summed E-state index contributed by atoms with van der Waals surface area (Å²) >= 11 is 11.9. The lowest BCUT2D eigenvalue weighted by atomic mass is 10.0. The molecule has 11 nitrogen and oxygen atoms in total. The Bertz CT molecular complexity index is 1950. The number of rotatable bonds is 15. The van der Waals surface area contributed by atoms with Crippen LogP contribution < -0.4 is 30.3 Å². The molecule has 262 valence electrons. The molecule has 0 bridgehead atoms. The van der Waals surface area contributed by atoms with Gasteiger partial charge in [-0.3, -0.25) is 10.1 Å². The van der Waals surface area contributed by atoms with Gasteiger partial charge in [-0.05, 0) is 74.3 Å². The third-order valence-corrected chi connectivity index (χ3v) is 8.26. The summed E-state index contributed by atoms with van der Waals surface area (Å²) in [5.74, 6) is 1.57. The number of halogens is 2. The molecule has 0 aliphatic carbocycles. The number of methoxy groups -OCH3 is 1. The first kappa shape index (κ1) is 36.5. The average Bonchev–Trinajstić information content (AvgIpc) is 3.11. The zero-order chi connectivity index (χ0) is 35.6. The number of ether oxygens (including phenoxy) is 2. The molecule has 0 atom stereocenters. The molecule has 0 spiro atoms. The van der Waals surface area contributed by atoms with Gasteiger partial charge in [-0.15, -0.1) is 23.2 Å². The van der Waals surface area contributed by atoms with Crippen LogP contribution in [0.2, 0.25) is 0 Å². The molecule has 0 fully saturated rings. The maximum atomic E-state index is 13.3. The Morgan fingerprint density at radius 1 is 0.860 bits per heavy atom. The van der Waals surface area contributed by atoms with E-state index in [0.29, 0.717) is 94.0 Å². The number of anilines is 4. The van der Waals surface area contributed by atoms with Crippen LogP contribution in [0.25, 0.3) is 21.8 Å². The molecule has 1 heterocycles. The fourth-order valence-electron chi connectivity index (χ4n) is 5.55. The van der Waals surface area contributed by atoms with Gasteiger partial charge in [-0.25, -0.2) is 9.78 Å². The SMILES string of the molecule is COc1cccc2c(Nc3cc(CO)cc(NC(=O)Oc4ccc(N(CCCl)CCCl)cc4)c3)c3cccc(C(=O)NCCN(C)C)c3nc12. The molecule has 0 saturated heterocycles. The van der Waals surface area contributed by atoms with Crippen molar-refractivity contribution >= 4 is 79.8 Å². The zero-order valence-electron chi connectivity index (χ0n) is 28.1. The van der Waals surface area contributed by atoms with Crippen LogP contribution in [0.4, 0.5) is 27.5 Å². The number of fused-ring (bicyclic) bond motifs is 2. The number of hydrogen-bond acceptors (Lipinski definition) is 9. The van der Waals surface area contributed by atoms with Crippen molar-refractivity contribution in [3.8, 4) is 11.5 Å². The average molecular weight is 720 g/mol. The molecular formula is C37H40Cl2N6O5. The molecule has 4 aromatic carbocycles. The molecule has 0 aliphatic rings. The van der Waals surface area contributed by atoms with Crippen molar-refractivity contribution in [2.24, 2.45) is 0 Å². The fourth-order valence-corrected chi connectivity index (χ4v) is 5.96. The van der Waals surface area contributed by atoms with Crippen LogP contribution in [0.1, 0.15) is 15.9 Å². The molecule has 4 N–H and O–H groups in total. The van der Waals surface area contributed by atoms with Crippen molar-refractivity contribution < 1.29 is 24.2 Å². The van der Waals surface area contributed by atoms with Gasteiger partial charge in [0.2, 0.25) is 0 Å². The van der Waals surface area contributed by atoms with Crippen LogP contribution in [-0.4, -0.2) is 86.1 Å². The lowest BCUT2D eigenvalue weighted by molar-refractivity contribution is 0.0952. The lowest BCUT2D eigenvalue weighted by Crippen LogP contribution is -2.31. The van der Waals surface area contributed by atoms with Crippen molar-refractivity contribution in [1.29, 1.82) is 0 Å². The second-order valence-corrected chi connectivity index (χ2v) is 12.4. The number of pyridine rings is 1. The highest BCUT2D eigenvalue weighted by atomic mass is 35.5.